The van der Waals surface area contributed by atoms with Crippen molar-refractivity contribution in [1.82, 2.24) is 10.2 Å². The molecule has 0 unspecified atom stereocenters. The summed E-state index contributed by atoms with van der Waals surface area (Å²) < 4.78 is 0. The van der Waals surface area contributed by atoms with E-state index in [-0.39, 0.29) is 18.0 Å². The molecule has 0 radical (unpaired) electrons. The molecule has 0 saturated carbocycles. The minimum absolute atomic E-state index is 0.0972. The van der Waals surface area contributed by atoms with Crippen LogP contribution in [0.4, 0.5) is 4.79 Å². The van der Waals surface area contributed by atoms with Crippen LogP contribution < -0.4 is 5.32 Å². The normalized spacial score (nSPS) is 24.2. The fraction of sp³-hybridized carbons (Fsp3) is 0.714. The number of urea groups is 1. The number of nitrogens with one attached hydrogen (secondary N) is 1. The summed E-state index contributed by atoms with van der Waals surface area (Å²) in [5.74, 6) is -0.0972. The standard InChI is InChI=1S/C7H12N2O2/c1-3-5-6(10)9(4-2)7(11)8-5/h5H,3-4H2,1-2H3,(H,8,11)/t5-/m1/s1. The highest BCUT2D eigenvalue weighted by Crippen LogP contribution is 2.07. The van der Waals surface area contributed by atoms with E-state index in [1.807, 2.05) is 6.92 Å². The molecule has 1 aliphatic heterocycles. The molecular formula is C7H12N2O2. The number of carbonyl (C=O) groups is 2. The molecule has 11 heavy (non-hydrogen) atoms. The van der Waals surface area contributed by atoms with Gasteiger partial charge in [-0.1, -0.05) is 6.92 Å². The fourth-order valence-corrected chi connectivity index (χ4v) is 1.15. The molecule has 1 aliphatic rings. The molecule has 1 fully saturated rings. The Balaban J connectivity index is 2.71. The van der Waals surface area contributed by atoms with E-state index in [0.29, 0.717) is 13.0 Å². The molecular weight excluding hydrogens is 144 g/mol. The zero-order valence-electron chi connectivity index (χ0n) is 6.76. The van der Waals surface area contributed by atoms with Gasteiger partial charge in [0.25, 0.3) is 5.91 Å². The minimum Gasteiger partial charge on any atom is -0.326 e. The Morgan fingerprint density at radius 1 is 1.45 bits per heavy atom. The average molecular weight is 156 g/mol. The van der Waals surface area contributed by atoms with Gasteiger partial charge in [0.15, 0.2) is 0 Å². The van der Waals surface area contributed by atoms with E-state index < -0.39 is 0 Å². The van der Waals surface area contributed by atoms with Crippen molar-refractivity contribution in [3.63, 3.8) is 0 Å². The van der Waals surface area contributed by atoms with E-state index in [1.54, 1.807) is 6.92 Å². The first-order chi connectivity index (χ1) is 5.20. The smallest absolute Gasteiger partial charge is 0.324 e. The summed E-state index contributed by atoms with van der Waals surface area (Å²) in [4.78, 5) is 23.4. The Hall–Kier alpha value is -1.06. The molecule has 1 N–H and O–H groups in total. The molecule has 62 valence electrons. The van der Waals surface area contributed by atoms with Gasteiger partial charge in [-0.25, -0.2) is 4.79 Å². The van der Waals surface area contributed by atoms with Gasteiger partial charge in [-0.15, -0.1) is 0 Å². The Kier molecular flexibility index (Phi) is 2.12. The third-order valence-electron chi connectivity index (χ3n) is 1.83. The van der Waals surface area contributed by atoms with Gasteiger partial charge < -0.3 is 5.32 Å². The van der Waals surface area contributed by atoms with Crippen LogP contribution in [0.2, 0.25) is 0 Å². The fourth-order valence-electron chi connectivity index (χ4n) is 1.15. The first kappa shape index (κ1) is 8.04. The summed E-state index contributed by atoms with van der Waals surface area (Å²) in [6.45, 7) is 4.12. The van der Waals surface area contributed by atoms with Crippen molar-refractivity contribution in [2.45, 2.75) is 26.3 Å². The molecule has 1 saturated heterocycles. The SMILES string of the molecule is CC[C@H]1NC(=O)N(CC)C1=O. The monoisotopic (exact) mass is 156 g/mol. The van der Waals surface area contributed by atoms with Crippen LogP contribution in [-0.4, -0.2) is 29.4 Å². The van der Waals surface area contributed by atoms with E-state index >= 15 is 0 Å². The van der Waals surface area contributed by atoms with Crippen LogP contribution in [0.3, 0.4) is 0 Å². The quantitative estimate of drug-likeness (QED) is 0.586. The molecule has 0 aromatic heterocycles. The number of carbonyl (C=O) groups excluding carboxylic acids is 2. The average Bonchev–Trinajstić information content (AvgIpc) is 2.26. The number of nitrogens with zero attached hydrogens (tertiary/aromatic N) is 1. The van der Waals surface area contributed by atoms with Crippen LogP contribution in [0.25, 0.3) is 0 Å². The maximum absolute atomic E-state index is 11.2. The van der Waals surface area contributed by atoms with E-state index in [9.17, 15) is 9.59 Å². The summed E-state index contributed by atoms with van der Waals surface area (Å²) in [5, 5.41) is 2.59. The molecule has 4 heteroatoms. The number of imide groups is 1. The molecule has 4 nitrogen and oxygen atoms in total. The molecule has 0 aliphatic carbocycles. The van der Waals surface area contributed by atoms with Crippen molar-refractivity contribution in [3.05, 3.63) is 0 Å². The summed E-state index contributed by atoms with van der Waals surface area (Å²) in [5.41, 5.74) is 0. The van der Waals surface area contributed by atoms with Gasteiger partial charge in [0.2, 0.25) is 0 Å². The zero-order valence-corrected chi connectivity index (χ0v) is 6.76. The van der Waals surface area contributed by atoms with Crippen molar-refractivity contribution < 1.29 is 9.59 Å². The third kappa shape index (κ3) is 1.20. The number of likely N-dealkylation sites (N-methyl/N-ethyl adjacent to an activating group) is 1. The van der Waals surface area contributed by atoms with Crippen molar-refractivity contribution in [3.8, 4) is 0 Å². The zero-order chi connectivity index (χ0) is 8.43. The van der Waals surface area contributed by atoms with Crippen LogP contribution in [0.5, 0.6) is 0 Å². The van der Waals surface area contributed by atoms with Gasteiger partial charge in [-0.3, -0.25) is 9.69 Å². The molecule has 1 rings (SSSR count). The summed E-state index contributed by atoms with van der Waals surface area (Å²) in [6.07, 6.45) is 0.668. The van der Waals surface area contributed by atoms with E-state index in [4.69, 9.17) is 0 Å². The minimum atomic E-state index is -0.289. The Labute approximate surface area is 65.6 Å². The number of hydrogen-bond acceptors (Lipinski definition) is 2. The van der Waals surface area contributed by atoms with E-state index in [0.717, 1.165) is 0 Å². The maximum atomic E-state index is 11.2. The molecule has 1 heterocycles. The van der Waals surface area contributed by atoms with E-state index in [1.165, 1.54) is 4.90 Å². The predicted octanol–water partition coefficient (Wildman–Crippen LogP) is 0.337. The number of rotatable bonds is 2. The Bertz CT molecular complexity index is 191. The van der Waals surface area contributed by atoms with Gasteiger partial charge in [0.05, 0.1) is 0 Å². The van der Waals surface area contributed by atoms with Crippen molar-refractivity contribution in [2.75, 3.05) is 6.54 Å². The highest BCUT2D eigenvalue weighted by atomic mass is 16.2. The lowest BCUT2D eigenvalue weighted by Gasteiger charge is -2.07. The molecule has 0 bridgehead atoms. The first-order valence-corrected chi connectivity index (χ1v) is 3.82. The van der Waals surface area contributed by atoms with E-state index in [2.05, 4.69) is 5.32 Å². The molecule has 0 aromatic carbocycles. The largest absolute Gasteiger partial charge is 0.326 e. The summed E-state index contributed by atoms with van der Waals surface area (Å²) >= 11 is 0. The number of hydrogen-bond donors (Lipinski definition) is 1. The molecule has 0 spiro atoms. The third-order valence-corrected chi connectivity index (χ3v) is 1.83. The molecule has 1 atom stereocenters. The molecule has 3 amide bonds. The van der Waals surface area contributed by atoms with Crippen LogP contribution in [-0.2, 0) is 4.79 Å². The van der Waals surface area contributed by atoms with Gasteiger partial charge in [-0.2, -0.15) is 0 Å². The first-order valence-electron chi connectivity index (χ1n) is 3.82. The number of amides is 3. The highest BCUT2D eigenvalue weighted by molar-refractivity contribution is 6.04. The Morgan fingerprint density at radius 3 is 2.36 bits per heavy atom. The summed E-state index contributed by atoms with van der Waals surface area (Å²) in [6, 6.07) is -0.549. The lowest BCUT2D eigenvalue weighted by Crippen LogP contribution is -2.30. The van der Waals surface area contributed by atoms with Crippen molar-refractivity contribution in [2.24, 2.45) is 0 Å². The lowest BCUT2D eigenvalue weighted by atomic mass is 10.2. The highest BCUT2D eigenvalue weighted by Gasteiger charge is 2.35. The van der Waals surface area contributed by atoms with Crippen molar-refractivity contribution in [1.29, 1.82) is 0 Å². The predicted molar refractivity (Wildman–Crippen MR) is 40.0 cm³/mol. The van der Waals surface area contributed by atoms with Gasteiger partial charge in [0, 0.05) is 6.54 Å². The van der Waals surface area contributed by atoms with Gasteiger partial charge >= 0.3 is 6.03 Å². The summed E-state index contributed by atoms with van der Waals surface area (Å²) in [7, 11) is 0. The lowest BCUT2D eigenvalue weighted by molar-refractivity contribution is -0.127. The van der Waals surface area contributed by atoms with Gasteiger partial charge in [0.1, 0.15) is 6.04 Å². The second-order valence-electron chi connectivity index (χ2n) is 2.49. The molecule has 0 aromatic rings. The Morgan fingerprint density at radius 2 is 2.09 bits per heavy atom. The van der Waals surface area contributed by atoms with Crippen LogP contribution >= 0.6 is 0 Å². The topological polar surface area (TPSA) is 49.4 Å². The second kappa shape index (κ2) is 2.90. The van der Waals surface area contributed by atoms with Crippen molar-refractivity contribution >= 4 is 11.9 Å². The second-order valence-corrected chi connectivity index (χ2v) is 2.49. The maximum Gasteiger partial charge on any atom is 0.324 e. The van der Waals surface area contributed by atoms with Crippen LogP contribution in [0.15, 0.2) is 0 Å². The van der Waals surface area contributed by atoms with Gasteiger partial charge in [-0.05, 0) is 13.3 Å². The van der Waals surface area contributed by atoms with Crippen LogP contribution in [0, 0.1) is 0 Å². The van der Waals surface area contributed by atoms with Crippen LogP contribution in [0.1, 0.15) is 20.3 Å².